The van der Waals surface area contributed by atoms with Gasteiger partial charge in [-0.15, -0.1) is 0 Å². The topological polar surface area (TPSA) is 63.4 Å². The van der Waals surface area contributed by atoms with E-state index in [4.69, 9.17) is 15.5 Å². The first-order valence-electron chi connectivity index (χ1n) is 14.4. The Balaban J connectivity index is 1.44. The highest BCUT2D eigenvalue weighted by molar-refractivity contribution is 5.68. The number of nitrogens with zero attached hydrogens (tertiary/aromatic N) is 1. The fraction of sp³-hybridized carbons (Fsp3) is 0.132. The van der Waals surface area contributed by atoms with E-state index in [0.29, 0.717) is 5.49 Å². The number of nitrogens with one attached hydrogen (secondary N) is 1. The van der Waals surface area contributed by atoms with Crippen molar-refractivity contribution in [2.75, 3.05) is 0 Å². The molecule has 5 aromatic rings. The van der Waals surface area contributed by atoms with Crippen LogP contribution >= 0.6 is 0 Å². The van der Waals surface area contributed by atoms with Gasteiger partial charge in [0.25, 0.3) is 0 Å². The summed E-state index contributed by atoms with van der Waals surface area (Å²) in [6, 6.07) is 41.8. The number of benzene rings is 4. The van der Waals surface area contributed by atoms with Gasteiger partial charge in [0.2, 0.25) is 0 Å². The minimum atomic E-state index is -0.643. The quantitative estimate of drug-likeness (QED) is 0.233. The second kappa shape index (κ2) is 10.5. The molecule has 0 bridgehead atoms. The van der Waals surface area contributed by atoms with Crippen molar-refractivity contribution in [3.8, 4) is 22.8 Å². The number of hydrogen-bond acceptors (Lipinski definition) is 3. The van der Waals surface area contributed by atoms with Gasteiger partial charge in [0.05, 0.1) is 5.41 Å². The van der Waals surface area contributed by atoms with Crippen LogP contribution in [0.5, 0.6) is 11.5 Å². The molecule has 0 spiro atoms. The summed E-state index contributed by atoms with van der Waals surface area (Å²) < 4.78 is 6.78. The molecule has 4 heteroatoms. The molecule has 0 radical (unpaired) electrons. The molecule has 1 aliphatic heterocycles. The third-order valence-electron chi connectivity index (χ3n) is 8.73. The van der Waals surface area contributed by atoms with Crippen LogP contribution < -0.4 is 16.0 Å². The van der Waals surface area contributed by atoms with Gasteiger partial charge in [-0.05, 0) is 35.7 Å². The lowest BCUT2D eigenvalue weighted by atomic mass is 9.51. The number of rotatable bonds is 5. The summed E-state index contributed by atoms with van der Waals surface area (Å²) in [5.74, 6) is 1.62. The van der Waals surface area contributed by atoms with Gasteiger partial charge in [-0.25, -0.2) is 4.99 Å². The first-order chi connectivity index (χ1) is 20.6. The van der Waals surface area contributed by atoms with Gasteiger partial charge in [0.1, 0.15) is 23.2 Å². The average Bonchev–Trinajstić information content (AvgIpc) is 3.04. The summed E-state index contributed by atoms with van der Waals surface area (Å²) in [6.45, 7) is 2.35. The summed E-state index contributed by atoms with van der Waals surface area (Å²) in [4.78, 5) is 8.40. The minimum Gasteiger partial charge on any atom is -0.456 e. The predicted molar refractivity (Wildman–Crippen MR) is 169 cm³/mol. The molecule has 206 valence electrons. The molecule has 3 N–H and O–H groups in total. The first-order valence-corrected chi connectivity index (χ1v) is 14.4. The van der Waals surface area contributed by atoms with Crippen LogP contribution in [0.3, 0.4) is 0 Å². The van der Waals surface area contributed by atoms with Crippen LogP contribution in [0.25, 0.3) is 11.3 Å². The number of hydrogen-bond donors (Lipinski definition) is 2. The molecule has 0 saturated heterocycles. The van der Waals surface area contributed by atoms with Gasteiger partial charge in [-0.1, -0.05) is 134 Å². The molecule has 0 amide bonds. The van der Waals surface area contributed by atoms with Crippen molar-refractivity contribution in [3.63, 3.8) is 0 Å². The molecular formula is C38H33N3O. The second-order valence-electron chi connectivity index (χ2n) is 11.2. The van der Waals surface area contributed by atoms with E-state index in [0.717, 1.165) is 45.9 Å². The standard InChI is InChI=1S/C38H33N3O/c1-37(25-11-4-12-26-37)38(28-17-7-3-8-18-28)30-20-9-10-23-33(30)42-35-29(19-13-21-31(35)38)36(39)41-34-24-14-22-32(40-34)27-15-5-2-6-16-27/h2-25,36H,26,39H2,1H3,(H,40,41). The molecule has 4 aromatic carbocycles. The molecule has 3 atom stereocenters. The number of nitrogens with two attached hydrogens (primary N) is 1. The SMILES string of the molecule is CC1(C2(c3ccccc3)c3ccccc3Oc3c(C(N)/N=c4/cccc(-c5ccccc5)[nH]4)cccc32)C=CC=CC1. The Morgan fingerprint density at radius 3 is 2.26 bits per heavy atom. The second-order valence-corrected chi connectivity index (χ2v) is 11.2. The van der Waals surface area contributed by atoms with Crippen LogP contribution in [0.1, 0.15) is 41.8 Å². The number of pyridine rings is 1. The number of aromatic nitrogens is 1. The summed E-state index contributed by atoms with van der Waals surface area (Å²) in [6.07, 6.45) is 9.17. The van der Waals surface area contributed by atoms with Gasteiger partial charge in [-0.2, -0.15) is 0 Å². The van der Waals surface area contributed by atoms with Gasteiger partial charge < -0.3 is 15.5 Å². The average molecular weight is 548 g/mol. The van der Waals surface area contributed by atoms with Crippen molar-refractivity contribution >= 4 is 0 Å². The van der Waals surface area contributed by atoms with Crippen molar-refractivity contribution in [1.82, 2.24) is 4.98 Å². The van der Waals surface area contributed by atoms with E-state index in [1.54, 1.807) is 0 Å². The Hall–Kier alpha value is -4.93. The van der Waals surface area contributed by atoms with Crippen LogP contribution in [0.4, 0.5) is 0 Å². The zero-order valence-corrected chi connectivity index (χ0v) is 23.6. The lowest BCUT2D eigenvalue weighted by Gasteiger charge is -2.52. The third kappa shape index (κ3) is 4.15. The van der Waals surface area contributed by atoms with Crippen LogP contribution in [-0.2, 0) is 5.41 Å². The summed E-state index contributed by atoms with van der Waals surface area (Å²) in [7, 11) is 0. The molecule has 42 heavy (non-hydrogen) atoms. The number of allylic oxidation sites excluding steroid dienone is 4. The highest BCUT2D eigenvalue weighted by Gasteiger charge is 2.55. The molecule has 0 fully saturated rings. The van der Waals surface area contributed by atoms with Crippen LogP contribution in [0.2, 0.25) is 0 Å². The summed E-state index contributed by atoms with van der Waals surface area (Å²) in [5.41, 5.74) is 13.2. The maximum Gasteiger partial charge on any atom is 0.138 e. The van der Waals surface area contributed by atoms with Gasteiger partial charge in [-0.3, -0.25) is 0 Å². The maximum absolute atomic E-state index is 6.91. The van der Waals surface area contributed by atoms with Crippen molar-refractivity contribution in [2.24, 2.45) is 16.1 Å². The zero-order valence-electron chi connectivity index (χ0n) is 23.6. The maximum atomic E-state index is 6.91. The van der Waals surface area contributed by atoms with E-state index < -0.39 is 11.6 Å². The Bertz CT molecular complexity index is 1870. The van der Waals surface area contributed by atoms with E-state index in [9.17, 15) is 0 Å². The molecular weight excluding hydrogens is 514 g/mol. The zero-order chi connectivity index (χ0) is 28.6. The highest BCUT2D eigenvalue weighted by Crippen LogP contribution is 2.62. The molecule has 1 aromatic heterocycles. The van der Waals surface area contributed by atoms with Crippen molar-refractivity contribution in [2.45, 2.75) is 24.9 Å². The normalized spacial score (nSPS) is 21.7. The third-order valence-corrected chi connectivity index (χ3v) is 8.73. The highest BCUT2D eigenvalue weighted by atomic mass is 16.5. The molecule has 3 unspecified atom stereocenters. The lowest BCUT2D eigenvalue weighted by Crippen LogP contribution is -2.47. The number of aromatic amines is 1. The van der Waals surface area contributed by atoms with E-state index in [2.05, 4.69) is 109 Å². The number of H-pyrrole nitrogens is 1. The molecule has 7 rings (SSSR count). The summed E-state index contributed by atoms with van der Waals surface area (Å²) in [5, 5.41) is 0. The van der Waals surface area contributed by atoms with Crippen molar-refractivity contribution < 1.29 is 4.74 Å². The van der Waals surface area contributed by atoms with Crippen molar-refractivity contribution in [3.05, 3.63) is 173 Å². The minimum absolute atomic E-state index is 0.268. The molecule has 2 heterocycles. The lowest BCUT2D eigenvalue weighted by molar-refractivity contribution is 0.260. The molecule has 4 nitrogen and oxygen atoms in total. The number of fused-ring (bicyclic) bond motifs is 2. The Morgan fingerprint density at radius 2 is 1.48 bits per heavy atom. The van der Waals surface area contributed by atoms with Gasteiger partial charge >= 0.3 is 0 Å². The Kier molecular flexibility index (Phi) is 6.49. The van der Waals surface area contributed by atoms with E-state index >= 15 is 0 Å². The Morgan fingerprint density at radius 1 is 0.762 bits per heavy atom. The predicted octanol–water partition coefficient (Wildman–Crippen LogP) is 8.20. The fourth-order valence-electron chi connectivity index (χ4n) is 6.80. The molecule has 1 aliphatic carbocycles. The number of ether oxygens (including phenoxy) is 1. The molecule has 0 saturated carbocycles. The van der Waals surface area contributed by atoms with Crippen LogP contribution in [0, 0.1) is 5.41 Å². The van der Waals surface area contributed by atoms with E-state index in [1.807, 2.05) is 48.5 Å². The number of para-hydroxylation sites is 2. The van der Waals surface area contributed by atoms with Gasteiger partial charge in [0.15, 0.2) is 0 Å². The monoisotopic (exact) mass is 547 g/mol. The van der Waals surface area contributed by atoms with Crippen LogP contribution in [0.15, 0.2) is 151 Å². The van der Waals surface area contributed by atoms with E-state index in [-0.39, 0.29) is 5.41 Å². The van der Waals surface area contributed by atoms with Crippen molar-refractivity contribution in [1.29, 1.82) is 0 Å². The first kappa shape index (κ1) is 26.0. The van der Waals surface area contributed by atoms with Gasteiger partial charge in [0, 0.05) is 27.8 Å². The van der Waals surface area contributed by atoms with Crippen LogP contribution in [-0.4, -0.2) is 4.98 Å². The summed E-state index contributed by atoms with van der Waals surface area (Å²) >= 11 is 0. The largest absolute Gasteiger partial charge is 0.456 e. The smallest absolute Gasteiger partial charge is 0.138 e. The Labute approximate surface area is 246 Å². The fourth-order valence-corrected chi connectivity index (χ4v) is 6.80. The molecule has 2 aliphatic rings. The van der Waals surface area contributed by atoms with E-state index in [1.165, 1.54) is 5.56 Å².